The molecule has 0 aliphatic heterocycles. The molecule has 1 atom stereocenters. The molecule has 0 rings (SSSR count). The minimum absolute atomic E-state index is 0. The zero-order chi connectivity index (χ0) is 48.2. The second-order valence-electron chi connectivity index (χ2n) is 12.7. The number of carboxylic acids is 3. The molecule has 0 bridgehead atoms. The Hall–Kier alpha value is -0.999. The molecule has 16 nitrogen and oxygen atoms in total. The number of carbonyl (C=O) groups excluding carboxylic acids is 1. The zero-order valence-electron chi connectivity index (χ0n) is 33.5. The van der Waals surface area contributed by atoms with Gasteiger partial charge in [0.15, 0.2) is 5.60 Å². The molecule has 0 fully saturated rings. The molecule has 0 aliphatic rings. The van der Waals surface area contributed by atoms with Crippen molar-refractivity contribution < 1.29 is 175 Å². The Balaban J connectivity index is -0.00000103. The monoisotopic (exact) mass is 1360 g/mol. The average molecular weight is 1360 g/mol. The molecule has 0 aromatic rings. The normalized spacial score (nSPS) is 13.5. The standard InChI is InChI=1S/C27H44F12O9S.C6H8O7.2Au/c28-22(29,20-44-11-8-6-4-2-1-3-5-7-9-19-49)46-24(32,33)26(36,37)48-27(38,39)25(34,35)47-23(30,31)21-45-18-17-43-16-15-42-14-13-41-12-10-40;7-3(8)1-6(13,5(11)12)2-4(9)10;;/h40,49H,1-21H2;13H,1-2H2,(H,7,8)(H,9,10)(H,11,12);;/p-1. The number of ether oxygens (including phenoxy) is 8. The first-order valence-corrected chi connectivity index (χ1v) is 19.0. The van der Waals surface area contributed by atoms with E-state index in [0.717, 1.165) is 44.3 Å². The van der Waals surface area contributed by atoms with Crippen LogP contribution in [0.3, 0.4) is 0 Å². The van der Waals surface area contributed by atoms with E-state index < -0.39 is 106 Å². The number of hydrogen-bond donors (Lipinski definition) is 5. The maximum Gasteiger partial charge on any atom is 0.453 e. The van der Waals surface area contributed by atoms with Crippen molar-refractivity contribution in [1.82, 2.24) is 0 Å². The van der Waals surface area contributed by atoms with E-state index >= 15 is 0 Å². The molecule has 0 saturated heterocycles. The Labute approximate surface area is 395 Å². The predicted octanol–water partition coefficient (Wildman–Crippen LogP) is 4.52. The average Bonchev–Trinajstić information content (AvgIpc) is 3.10. The van der Waals surface area contributed by atoms with E-state index in [-0.39, 0.29) is 90.8 Å². The van der Waals surface area contributed by atoms with Gasteiger partial charge in [-0.15, -0.1) is 0 Å². The van der Waals surface area contributed by atoms with Crippen molar-refractivity contribution in [3.05, 3.63) is 0 Å². The zero-order valence-corrected chi connectivity index (χ0v) is 38.8. The minimum atomic E-state index is -6.95. The molecule has 4 N–H and O–H groups in total. The molecule has 1 unspecified atom stereocenters. The maximum absolute atomic E-state index is 13.7. The molecular weight excluding hydrogens is 1310 g/mol. The third-order valence-electron chi connectivity index (χ3n) is 7.11. The van der Waals surface area contributed by atoms with Gasteiger partial charge in [0.25, 0.3) is 0 Å². The summed E-state index contributed by atoms with van der Waals surface area (Å²) < 4.78 is 195. The number of alkyl halides is 12. The largest absolute Gasteiger partial charge is 0.550 e. The number of halogens is 12. The van der Waals surface area contributed by atoms with Crippen LogP contribution in [0.5, 0.6) is 0 Å². The molecule has 0 aromatic heterocycles. The van der Waals surface area contributed by atoms with Crippen LogP contribution >= 0.6 is 12.6 Å². The molecule has 0 heterocycles. The first-order valence-electron chi connectivity index (χ1n) is 18.4. The topological polar surface area (TPSA) is 229 Å². The molecule has 392 valence electrons. The van der Waals surface area contributed by atoms with Gasteiger partial charge in [-0.3, -0.25) is 4.79 Å². The van der Waals surface area contributed by atoms with E-state index in [1.807, 2.05) is 0 Å². The van der Waals surface area contributed by atoms with Crippen LogP contribution in [0.4, 0.5) is 52.7 Å². The van der Waals surface area contributed by atoms with E-state index in [1.54, 1.807) is 0 Å². The molecule has 0 saturated carbocycles. The molecule has 0 spiro atoms. The third-order valence-corrected chi connectivity index (χ3v) is 7.42. The van der Waals surface area contributed by atoms with Crippen LogP contribution in [0, 0.1) is 0 Å². The summed E-state index contributed by atoms with van der Waals surface area (Å²) in [6.07, 6.45) is -33.1. The van der Waals surface area contributed by atoms with Gasteiger partial charge in [0.05, 0.1) is 59.3 Å². The minimum Gasteiger partial charge on any atom is -0.550 e. The van der Waals surface area contributed by atoms with Crippen molar-refractivity contribution in [3.63, 3.8) is 0 Å². The van der Waals surface area contributed by atoms with Gasteiger partial charge in [-0.1, -0.05) is 44.9 Å². The van der Waals surface area contributed by atoms with E-state index in [2.05, 4.69) is 36.3 Å². The molecule has 64 heavy (non-hydrogen) atoms. The predicted molar refractivity (Wildman–Crippen MR) is 184 cm³/mol. The number of aliphatic hydroxyl groups excluding tert-OH is 1. The van der Waals surface area contributed by atoms with Crippen molar-refractivity contribution in [2.24, 2.45) is 0 Å². The number of thiol groups is 1. The second kappa shape index (κ2) is 35.2. The Bertz CT molecular complexity index is 1170. The summed E-state index contributed by atoms with van der Waals surface area (Å²) in [5.41, 5.74) is -2.80. The van der Waals surface area contributed by atoms with Gasteiger partial charge < -0.3 is 54.0 Å². The van der Waals surface area contributed by atoms with Crippen LogP contribution in [0.15, 0.2) is 0 Å². The van der Waals surface area contributed by atoms with Crippen LogP contribution < -0.4 is 5.11 Å². The summed E-state index contributed by atoms with van der Waals surface area (Å²) in [4.78, 5) is 30.3. The number of aliphatic carboxylic acids is 3. The summed E-state index contributed by atoms with van der Waals surface area (Å²) in [6, 6.07) is 0. The van der Waals surface area contributed by atoms with E-state index in [4.69, 9.17) is 34.6 Å². The Morgan fingerprint density at radius 1 is 0.484 bits per heavy atom. The first-order chi connectivity index (χ1) is 28.5. The second-order valence-corrected chi connectivity index (χ2v) is 13.1. The third kappa shape index (κ3) is 33.5. The number of carboxylic acid groups (broad SMARTS) is 3. The van der Waals surface area contributed by atoms with Crippen LogP contribution in [-0.2, 0) is 97.0 Å². The quantitative estimate of drug-likeness (QED) is 0.0247. The van der Waals surface area contributed by atoms with Crippen LogP contribution in [0.25, 0.3) is 0 Å². The summed E-state index contributed by atoms with van der Waals surface area (Å²) in [5.74, 6) is -4.54. The van der Waals surface area contributed by atoms with Crippen molar-refractivity contribution in [1.29, 1.82) is 0 Å². The fourth-order valence-electron chi connectivity index (χ4n) is 4.19. The number of hydrogen-bond acceptors (Lipinski definition) is 15. The summed E-state index contributed by atoms with van der Waals surface area (Å²) >= 11 is 4.10. The number of carbonyl (C=O) groups is 3. The van der Waals surface area contributed by atoms with Gasteiger partial charge in [0, 0.05) is 63.8 Å². The SMILES string of the molecule is O=C([O-])CC(O)(CC(=O)O)C(=O)O.OCCOCCOCCOCCOCC(F)(F)OC(F)(F)C(F)(F)OC(F)(F)C(F)(F)OC(F)(F)COCCCCCCCCCCCS.[Au].[Au]. The summed E-state index contributed by atoms with van der Waals surface area (Å²) in [5, 5.41) is 44.0. The Kier molecular flexibility index (Phi) is 38.2. The van der Waals surface area contributed by atoms with Gasteiger partial charge in [0.1, 0.15) is 13.2 Å². The fourth-order valence-corrected chi connectivity index (χ4v) is 4.42. The number of unbranched alkanes of at least 4 members (excludes halogenated alkanes) is 8. The van der Waals surface area contributed by atoms with Gasteiger partial charge in [-0.25, -0.2) is 19.0 Å². The van der Waals surface area contributed by atoms with E-state index in [0.29, 0.717) is 12.8 Å². The first kappa shape index (κ1) is 69.6. The van der Waals surface area contributed by atoms with Crippen LogP contribution in [0.1, 0.15) is 70.6 Å². The van der Waals surface area contributed by atoms with Crippen LogP contribution in [-0.4, -0.2) is 159 Å². The molecule has 31 heteroatoms. The molecule has 0 amide bonds. The maximum atomic E-state index is 13.7. The van der Waals surface area contributed by atoms with Crippen LogP contribution in [0.2, 0.25) is 0 Å². The van der Waals surface area contributed by atoms with E-state index in [1.165, 1.54) is 0 Å². The molecule has 0 aromatic carbocycles. The van der Waals surface area contributed by atoms with Gasteiger partial charge in [-0.2, -0.15) is 65.3 Å². The Morgan fingerprint density at radius 3 is 1.16 bits per heavy atom. The summed E-state index contributed by atoms with van der Waals surface area (Å²) in [7, 11) is 0. The smallest absolute Gasteiger partial charge is 0.453 e. The fraction of sp³-hybridized carbons (Fsp3) is 0.909. The van der Waals surface area contributed by atoms with Crippen molar-refractivity contribution in [2.45, 2.75) is 113 Å². The van der Waals surface area contributed by atoms with Crippen molar-refractivity contribution >= 4 is 30.5 Å². The number of rotatable bonds is 39. The van der Waals surface area contributed by atoms with Crippen molar-refractivity contribution in [2.75, 3.05) is 78.4 Å². The summed E-state index contributed by atoms with van der Waals surface area (Å²) in [6.45, 7) is -5.75. The van der Waals surface area contributed by atoms with E-state index in [9.17, 15) is 72.2 Å². The molecular formula is C33H51Au2F12O16S-. The number of aliphatic hydroxyl groups is 2. The van der Waals surface area contributed by atoms with Gasteiger partial charge in [0.2, 0.25) is 0 Å². The Morgan fingerprint density at radius 2 is 0.812 bits per heavy atom. The van der Waals surface area contributed by atoms with Crippen molar-refractivity contribution in [3.8, 4) is 0 Å². The van der Waals surface area contributed by atoms with Gasteiger partial charge in [-0.05, 0) is 18.6 Å². The molecule has 0 aliphatic carbocycles. The molecule has 2 radical (unpaired) electrons. The van der Waals surface area contributed by atoms with Gasteiger partial charge >= 0.3 is 48.6 Å².